The quantitative estimate of drug-likeness (QED) is 0.417. The predicted octanol–water partition coefficient (Wildman–Crippen LogP) is 5.70. The van der Waals surface area contributed by atoms with Crippen LogP contribution < -0.4 is 5.73 Å². The van der Waals surface area contributed by atoms with E-state index in [1.807, 2.05) is 30.3 Å². The van der Waals surface area contributed by atoms with Crippen molar-refractivity contribution < 1.29 is 0 Å². The third kappa shape index (κ3) is 2.70. The fourth-order valence-corrected chi connectivity index (χ4v) is 3.55. The zero-order chi connectivity index (χ0) is 18.2. The number of rotatable bonds is 2. The highest BCUT2D eigenvalue weighted by molar-refractivity contribution is 6.09. The van der Waals surface area contributed by atoms with E-state index < -0.39 is 0 Å². The Balaban J connectivity index is 1.70. The Morgan fingerprint density at radius 1 is 0.519 bits per heavy atom. The number of nitrogens with two attached hydrogens (primary N) is 1. The van der Waals surface area contributed by atoms with Gasteiger partial charge < -0.3 is 5.73 Å². The predicted molar refractivity (Wildman–Crippen MR) is 112 cm³/mol. The van der Waals surface area contributed by atoms with E-state index >= 15 is 0 Å². The van der Waals surface area contributed by atoms with Gasteiger partial charge in [-0.1, -0.05) is 84.9 Å². The molecule has 3 nitrogen and oxygen atoms in total. The first-order chi connectivity index (χ1) is 13.3. The summed E-state index contributed by atoms with van der Waals surface area (Å²) in [5, 5.41) is 3.25. The molecule has 0 bridgehead atoms. The van der Waals surface area contributed by atoms with Crippen molar-refractivity contribution in [2.24, 2.45) is 0 Å². The molecule has 0 saturated heterocycles. The van der Waals surface area contributed by atoms with Crippen LogP contribution in [0.3, 0.4) is 0 Å². The molecule has 0 radical (unpaired) electrons. The fraction of sp³-hybridized carbons (Fsp3) is 0. The number of hydrogen-bond donors (Lipinski definition) is 1. The molecule has 0 saturated carbocycles. The van der Waals surface area contributed by atoms with Crippen LogP contribution in [0, 0.1) is 0 Å². The van der Waals surface area contributed by atoms with E-state index in [1.54, 1.807) is 0 Å². The summed E-state index contributed by atoms with van der Waals surface area (Å²) in [7, 11) is 0. The maximum absolute atomic E-state index is 6.05. The van der Waals surface area contributed by atoms with Crippen LogP contribution >= 0.6 is 0 Å². The Morgan fingerprint density at radius 3 is 2.00 bits per heavy atom. The molecule has 0 atom stereocenters. The summed E-state index contributed by atoms with van der Waals surface area (Å²) in [6, 6.07) is 31.2. The summed E-state index contributed by atoms with van der Waals surface area (Å²) in [6.07, 6.45) is 0. The van der Waals surface area contributed by atoms with Gasteiger partial charge in [0.1, 0.15) is 0 Å². The van der Waals surface area contributed by atoms with Crippen LogP contribution in [-0.2, 0) is 0 Å². The summed E-state index contributed by atoms with van der Waals surface area (Å²) < 4.78 is 0. The molecule has 0 amide bonds. The van der Waals surface area contributed by atoms with Gasteiger partial charge in [0.2, 0.25) is 5.95 Å². The first-order valence-corrected chi connectivity index (χ1v) is 8.90. The molecule has 0 aliphatic rings. The average Bonchev–Trinajstić information content (AvgIpc) is 2.74. The van der Waals surface area contributed by atoms with Crippen molar-refractivity contribution >= 4 is 27.6 Å². The number of nitrogens with zero attached hydrogens (tertiary/aromatic N) is 2. The van der Waals surface area contributed by atoms with Crippen LogP contribution in [0.15, 0.2) is 91.0 Å². The second-order valence-electron chi connectivity index (χ2n) is 6.56. The average molecular weight is 347 g/mol. The lowest BCUT2D eigenvalue weighted by molar-refractivity contribution is 1.25. The minimum absolute atomic E-state index is 0.293. The summed E-state index contributed by atoms with van der Waals surface area (Å²) in [6.45, 7) is 0. The number of fused-ring (bicyclic) bond motifs is 3. The Morgan fingerprint density at radius 2 is 1.19 bits per heavy atom. The number of hydrogen-bond acceptors (Lipinski definition) is 3. The lowest BCUT2D eigenvalue weighted by Gasteiger charge is -2.10. The highest BCUT2D eigenvalue weighted by atomic mass is 15.0. The highest BCUT2D eigenvalue weighted by Gasteiger charge is 2.11. The molecule has 0 fully saturated rings. The van der Waals surface area contributed by atoms with Crippen molar-refractivity contribution in [1.82, 2.24) is 9.97 Å². The van der Waals surface area contributed by atoms with Crippen molar-refractivity contribution in [3.63, 3.8) is 0 Å². The molecule has 5 aromatic rings. The molecule has 4 aromatic carbocycles. The lowest BCUT2D eigenvalue weighted by atomic mass is 9.99. The SMILES string of the molecule is Nc1nc(-c2ccc(-c3ccccc3)cc2)c2ccc3ccccc3c2n1. The Bertz CT molecular complexity index is 1260. The van der Waals surface area contributed by atoms with Crippen molar-refractivity contribution in [2.75, 3.05) is 5.73 Å². The minimum atomic E-state index is 0.293. The van der Waals surface area contributed by atoms with E-state index in [9.17, 15) is 0 Å². The molecule has 2 N–H and O–H groups in total. The van der Waals surface area contributed by atoms with Crippen molar-refractivity contribution in [1.29, 1.82) is 0 Å². The standard InChI is InChI=1S/C24H17N3/c25-24-26-22(19-12-10-17(11-13-19)16-6-2-1-3-7-16)21-15-14-18-8-4-5-9-20(18)23(21)27-24/h1-15H,(H2,25,26,27). The number of benzene rings is 4. The molecule has 0 aliphatic carbocycles. The molecule has 0 aliphatic heterocycles. The minimum Gasteiger partial charge on any atom is -0.368 e. The summed E-state index contributed by atoms with van der Waals surface area (Å²) in [5.74, 6) is 0.293. The maximum atomic E-state index is 6.05. The van der Waals surface area contributed by atoms with E-state index in [1.165, 1.54) is 11.1 Å². The van der Waals surface area contributed by atoms with Gasteiger partial charge in [-0.05, 0) is 22.6 Å². The van der Waals surface area contributed by atoms with Gasteiger partial charge in [0, 0.05) is 16.3 Å². The van der Waals surface area contributed by atoms with E-state index in [4.69, 9.17) is 5.73 Å². The van der Waals surface area contributed by atoms with Gasteiger partial charge in [0.05, 0.1) is 11.2 Å². The maximum Gasteiger partial charge on any atom is 0.221 e. The molecule has 1 aromatic heterocycles. The Kier molecular flexibility index (Phi) is 3.58. The summed E-state index contributed by atoms with van der Waals surface area (Å²) >= 11 is 0. The van der Waals surface area contributed by atoms with Crippen LogP contribution in [0.2, 0.25) is 0 Å². The third-order valence-electron chi connectivity index (χ3n) is 4.87. The van der Waals surface area contributed by atoms with Crippen molar-refractivity contribution in [2.45, 2.75) is 0 Å². The summed E-state index contributed by atoms with van der Waals surface area (Å²) in [4.78, 5) is 9.07. The molecule has 0 spiro atoms. The molecule has 0 unspecified atom stereocenters. The van der Waals surface area contributed by atoms with Gasteiger partial charge in [0.25, 0.3) is 0 Å². The van der Waals surface area contributed by atoms with Crippen LogP contribution in [0.25, 0.3) is 44.1 Å². The number of anilines is 1. The van der Waals surface area contributed by atoms with Crippen molar-refractivity contribution in [3.05, 3.63) is 91.0 Å². The van der Waals surface area contributed by atoms with Crippen LogP contribution in [0.1, 0.15) is 0 Å². The third-order valence-corrected chi connectivity index (χ3v) is 4.87. The van der Waals surface area contributed by atoms with E-state index in [2.05, 4.69) is 70.6 Å². The molecule has 1 heterocycles. The summed E-state index contributed by atoms with van der Waals surface area (Å²) in [5.41, 5.74) is 11.2. The largest absolute Gasteiger partial charge is 0.368 e. The van der Waals surface area contributed by atoms with Gasteiger partial charge in [-0.2, -0.15) is 0 Å². The molecular formula is C24H17N3. The lowest BCUT2D eigenvalue weighted by Crippen LogP contribution is -1.98. The fourth-order valence-electron chi connectivity index (χ4n) is 3.55. The molecule has 3 heteroatoms. The van der Waals surface area contributed by atoms with Crippen LogP contribution in [0.4, 0.5) is 5.95 Å². The zero-order valence-electron chi connectivity index (χ0n) is 14.6. The number of nitrogen functional groups attached to an aromatic ring is 1. The first kappa shape index (κ1) is 15.5. The van der Waals surface area contributed by atoms with E-state index in [0.717, 1.165) is 32.9 Å². The second kappa shape index (κ2) is 6.22. The van der Waals surface area contributed by atoms with Gasteiger partial charge in [-0.3, -0.25) is 0 Å². The van der Waals surface area contributed by atoms with Gasteiger partial charge in [-0.15, -0.1) is 0 Å². The van der Waals surface area contributed by atoms with Gasteiger partial charge >= 0.3 is 0 Å². The van der Waals surface area contributed by atoms with Crippen molar-refractivity contribution in [3.8, 4) is 22.4 Å². The number of aromatic nitrogens is 2. The molecule has 27 heavy (non-hydrogen) atoms. The molecule has 128 valence electrons. The Labute approximate surface area is 157 Å². The van der Waals surface area contributed by atoms with Gasteiger partial charge in [-0.25, -0.2) is 9.97 Å². The van der Waals surface area contributed by atoms with Gasteiger partial charge in [0.15, 0.2) is 0 Å². The van der Waals surface area contributed by atoms with E-state index in [0.29, 0.717) is 5.95 Å². The normalized spacial score (nSPS) is 11.1. The Hall–Kier alpha value is -3.72. The second-order valence-corrected chi connectivity index (χ2v) is 6.56. The van der Waals surface area contributed by atoms with E-state index in [-0.39, 0.29) is 0 Å². The smallest absolute Gasteiger partial charge is 0.221 e. The van der Waals surface area contributed by atoms with Crippen LogP contribution in [-0.4, -0.2) is 9.97 Å². The monoisotopic (exact) mass is 347 g/mol. The van der Waals surface area contributed by atoms with Crippen LogP contribution in [0.5, 0.6) is 0 Å². The molecule has 5 rings (SSSR count). The molecular weight excluding hydrogens is 330 g/mol. The highest BCUT2D eigenvalue weighted by Crippen LogP contribution is 2.32. The zero-order valence-corrected chi connectivity index (χ0v) is 14.6. The topological polar surface area (TPSA) is 51.8 Å². The first-order valence-electron chi connectivity index (χ1n) is 8.90.